The second-order valence-corrected chi connectivity index (χ2v) is 5.46. The van der Waals surface area contributed by atoms with E-state index in [0.717, 1.165) is 5.57 Å². The number of allylic oxidation sites excluding steroid dienone is 12. The summed E-state index contributed by atoms with van der Waals surface area (Å²) >= 11 is 0. The van der Waals surface area contributed by atoms with Gasteiger partial charge in [0, 0.05) is 5.57 Å². The molecular weight excluding hydrogens is 324 g/mol. The number of hydrogen-bond acceptors (Lipinski definition) is 2. The first kappa shape index (κ1) is 18.9. The van der Waals surface area contributed by atoms with Crippen LogP contribution in [0.4, 0.5) is 0 Å². The molecule has 0 unspecified atom stereocenters. The summed E-state index contributed by atoms with van der Waals surface area (Å²) in [6.07, 6.45) is 17.8. The van der Waals surface area contributed by atoms with E-state index in [2.05, 4.69) is 23.1 Å². The monoisotopic (exact) mass is 346 g/mol. The fourth-order valence-corrected chi connectivity index (χ4v) is 2.68. The molecule has 1 aromatic rings. The largest absolute Gasteiger partial charge is 0.494 e. The fourth-order valence-electron chi connectivity index (χ4n) is 2.68. The number of nitrogens with zero attached hydrogens (tertiary/aromatic N) is 1. The number of aliphatic imine (C=N–C) groups is 1. The highest BCUT2D eigenvalue weighted by atomic mass is 16.3. The predicted octanol–water partition coefficient (Wildman–Crippen LogP) is 5.05. The van der Waals surface area contributed by atoms with E-state index in [0.29, 0.717) is 28.1 Å². The Balaban J connectivity index is 2.67. The molecule has 0 fully saturated rings. The van der Waals surface area contributed by atoms with Gasteiger partial charge in [-0.05, 0) is 19.4 Å². The maximum atomic E-state index is 12.6. The molecule has 0 aliphatic carbocycles. The Hall–Kier alpha value is -3.40. The van der Waals surface area contributed by atoms with E-state index in [4.69, 9.17) is 0 Å². The molecule has 0 bridgehead atoms. The van der Waals surface area contributed by atoms with Gasteiger partial charge in [-0.1, -0.05) is 73.9 Å². The van der Waals surface area contributed by atoms with E-state index in [1.54, 1.807) is 30.4 Å². The van der Waals surface area contributed by atoms with E-state index >= 15 is 0 Å². The molecule has 2 N–H and O–H groups in total. The summed E-state index contributed by atoms with van der Waals surface area (Å²) in [6.45, 7) is 11.1. The van der Waals surface area contributed by atoms with Crippen LogP contribution in [0.15, 0.2) is 84.5 Å². The van der Waals surface area contributed by atoms with Crippen molar-refractivity contribution in [1.82, 2.24) is 4.98 Å². The molecule has 26 heavy (non-hydrogen) atoms. The smallest absolute Gasteiger partial charge is 0.280 e. The first-order valence-electron chi connectivity index (χ1n) is 8.25. The number of fused-ring (bicyclic) bond motifs is 1. The van der Waals surface area contributed by atoms with Crippen molar-refractivity contribution in [3.63, 3.8) is 0 Å². The number of carbonyl (C=O) groups is 1. The number of aromatic nitrogens is 1. The van der Waals surface area contributed by atoms with Crippen LogP contribution in [0.3, 0.4) is 0 Å². The first-order chi connectivity index (χ1) is 12.6. The Morgan fingerprint density at radius 1 is 1.00 bits per heavy atom. The van der Waals surface area contributed by atoms with Gasteiger partial charge in [0.15, 0.2) is 5.88 Å². The quantitative estimate of drug-likeness (QED) is 0.678. The molecule has 0 aromatic carbocycles. The zero-order valence-electron chi connectivity index (χ0n) is 15.0. The predicted molar refractivity (Wildman–Crippen MR) is 109 cm³/mol. The summed E-state index contributed by atoms with van der Waals surface area (Å²) in [4.78, 5) is 19.7. The van der Waals surface area contributed by atoms with E-state index < -0.39 is 0 Å². The molecule has 1 amide bonds. The number of aromatic amines is 1. The van der Waals surface area contributed by atoms with E-state index in [9.17, 15) is 9.90 Å². The van der Waals surface area contributed by atoms with Crippen molar-refractivity contribution in [2.45, 2.75) is 13.8 Å². The molecule has 132 valence electrons. The van der Waals surface area contributed by atoms with Crippen LogP contribution >= 0.6 is 0 Å². The van der Waals surface area contributed by atoms with Crippen LogP contribution in [0.1, 0.15) is 35.5 Å². The SMILES string of the molecule is C=C/C=C\C(=C/C=C)c1[nH]c(O)c2c1C(=O)N=C2C(/C=C\C)=C/C=C\C. The van der Waals surface area contributed by atoms with E-state index in [-0.39, 0.29) is 11.8 Å². The number of nitrogens with one attached hydrogen (secondary N) is 1. The highest BCUT2D eigenvalue weighted by Gasteiger charge is 2.33. The van der Waals surface area contributed by atoms with E-state index in [1.165, 1.54) is 0 Å². The summed E-state index contributed by atoms with van der Waals surface area (Å²) in [6, 6.07) is 0. The molecular formula is C22H22N2O2. The van der Waals surface area contributed by atoms with Gasteiger partial charge >= 0.3 is 0 Å². The second-order valence-electron chi connectivity index (χ2n) is 5.46. The number of aromatic hydroxyl groups is 1. The van der Waals surface area contributed by atoms with Crippen molar-refractivity contribution in [2.75, 3.05) is 0 Å². The maximum absolute atomic E-state index is 12.6. The lowest BCUT2D eigenvalue weighted by Crippen LogP contribution is -2.00. The van der Waals surface area contributed by atoms with Gasteiger partial charge in [-0.2, -0.15) is 0 Å². The molecule has 4 heteroatoms. The van der Waals surface area contributed by atoms with Crippen LogP contribution in [0.5, 0.6) is 5.88 Å². The van der Waals surface area contributed by atoms with Crippen LogP contribution in [0, 0.1) is 0 Å². The van der Waals surface area contributed by atoms with Crippen molar-refractivity contribution in [2.24, 2.45) is 4.99 Å². The lowest BCUT2D eigenvalue weighted by atomic mass is 9.99. The van der Waals surface area contributed by atoms with Gasteiger partial charge in [-0.15, -0.1) is 0 Å². The average Bonchev–Trinajstić information content (AvgIpc) is 3.14. The molecule has 1 aromatic heterocycles. The number of rotatable bonds is 7. The minimum Gasteiger partial charge on any atom is -0.494 e. The summed E-state index contributed by atoms with van der Waals surface area (Å²) in [5, 5.41) is 10.5. The van der Waals surface area contributed by atoms with Crippen LogP contribution in [-0.4, -0.2) is 21.7 Å². The third-order valence-electron chi connectivity index (χ3n) is 3.73. The van der Waals surface area contributed by atoms with Crippen molar-refractivity contribution < 1.29 is 9.90 Å². The van der Waals surface area contributed by atoms with Crippen molar-refractivity contribution in [1.29, 1.82) is 0 Å². The highest BCUT2D eigenvalue weighted by molar-refractivity contribution is 6.30. The number of carbonyl (C=O) groups excluding carboxylic acids is 1. The third kappa shape index (κ3) is 3.64. The fraction of sp³-hybridized carbons (Fsp3) is 0.0909. The molecule has 1 aliphatic heterocycles. The number of amides is 1. The van der Waals surface area contributed by atoms with Crippen LogP contribution in [0.2, 0.25) is 0 Å². The van der Waals surface area contributed by atoms with Gasteiger partial charge in [0.2, 0.25) is 0 Å². The van der Waals surface area contributed by atoms with Crippen LogP contribution < -0.4 is 0 Å². The molecule has 0 saturated carbocycles. The van der Waals surface area contributed by atoms with Gasteiger partial charge in [-0.3, -0.25) is 4.79 Å². The molecule has 2 heterocycles. The number of hydrogen-bond donors (Lipinski definition) is 2. The summed E-state index contributed by atoms with van der Waals surface area (Å²) in [7, 11) is 0. The molecule has 0 radical (unpaired) electrons. The van der Waals surface area contributed by atoms with Crippen molar-refractivity contribution in [3.05, 3.63) is 96.3 Å². The Bertz CT molecular complexity index is 916. The van der Waals surface area contributed by atoms with Gasteiger partial charge in [0.1, 0.15) is 0 Å². The summed E-state index contributed by atoms with van der Waals surface area (Å²) in [5.74, 6) is -0.475. The highest BCUT2D eigenvalue weighted by Crippen LogP contribution is 2.36. The molecule has 1 aliphatic rings. The van der Waals surface area contributed by atoms with Crippen LogP contribution in [0.25, 0.3) is 5.57 Å². The van der Waals surface area contributed by atoms with Crippen molar-refractivity contribution >= 4 is 17.2 Å². The topological polar surface area (TPSA) is 65.4 Å². The second kappa shape index (κ2) is 8.62. The third-order valence-corrected chi connectivity index (χ3v) is 3.73. The van der Waals surface area contributed by atoms with Gasteiger partial charge in [0.25, 0.3) is 5.91 Å². The molecule has 0 atom stereocenters. The Morgan fingerprint density at radius 2 is 1.77 bits per heavy atom. The average molecular weight is 346 g/mol. The molecule has 2 rings (SSSR count). The zero-order valence-corrected chi connectivity index (χ0v) is 15.0. The van der Waals surface area contributed by atoms with Gasteiger partial charge < -0.3 is 10.1 Å². The Labute approximate surface area is 153 Å². The molecule has 4 nitrogen and oxygen atoms in total. The van der Waals surface area contributed by atoms with Crippen LogP contribution in [-0.2, 0) is 0 Å². The lowest BCUT2D eigenvalue weighted by Gasteiger charge is -2.01. The zero-order chi connectivity index (χ0) is 19.1. The summed E-state index contributed by atoms with van der Waals surface area (Å²) < 4.78 is 0. The van der Waals surface area contributed by atoms with Gasteiger partial charge in [-0.25, -0.2) is 4.99 Å². The normalized spacial score (nSPS) is 15.3. The standard InChI is InChI=1S/C22H22N2O2/c1-5-9-13-15(11-7-3)19-17-18(22(26)23-19)20(24-21(17)25)16(12-8-4)14-10-6-2/h5-14,23,26H,1,3H2,2,4H3/b10-6-,12-8-,13-9-,15-11+,16-14+. The van der Waals surface area contributed by atoms with Crippen molar-refractivity contribution in [3.8, 4) is 5.88 Å². The lowest BCUT2D eigenvalue weighted by molar-refractivity contribution is 0.101. The first-order valence-corrected chi connectivity index (χ1v) is 8.25. The maximum Gasteiger partial charge on any atom is 0.280 e. The molecule has 0 saturated heterocycles. The van der Waals surface area contributed by atoms with Gasteiger partial charge in [0.05, 0.1) is 22.5 Å². The minimum absolute atomic E-state index is 0.0857. The number of H-pyrrole nitrogens is 1. The minimum atomic E-state index is -0.389. The summed E-state index contributed by atoms with van der Waals surface area (Å²) in [5.41, 5.74) is 3.17. The Morgan fingerprint density at radius 3 is 2.38 bits per heavy atom. The molecule has 0 spiro atoms. The van der Waals surface area contributed by atoms with E-state index in [1.807, 2.05) is 44.2 Å². The Kier molecular flexibility index (Phi) is 6.28.